The molecule has 0 unspecified atom stereocenters. The number of ether oxygens (including phenoxy) is 3. The normalized spacial score (nSPS) is 10.4. The van der Waals surface area contributed by atoms with Crippen molar-refractivity contribution in [1.29, 1.82) is 0 Å². The Bertz CT molecular complexity index is 967. The van der Waals surface area contributed by atoms with Crippen molar-refractivity contribution in [3.63, 3.8) is 0 Å². The second kappa shape index (κ2) is 8.75. The Kier molecular flexibility index (Phi) is 6.16. The SMILES string of the molecule is COc1ccc(C(=O)NCc2ccc(-c3csc(C)n3)cc2)c(OC)c1OC. The van der Waals surface area contributed by atoms with Crippen LogP contribution in [0.2, 0.25) is 0 Å². The summed E-state index contributed by atoms with van der Waals surface area (Å²) >= 11 is 1.63. The average molecular weight is 398 g/mol. The predicted molar refractivity (Wildman–Crippen MR) is 110 cm³/mol. The number of methoxy groups -OCH3 is 3. The second-order valence-electron chi connectivity index (χ2n) is 6.01. The van der Waals surface area contributed by atoms with Crippen LogP contribution in [-0.4, -0.2) is 32.2 Å². The number of aromatic nitrogens is 1. The van der Waals surface area contributed by atoms with E-state index in [1.54, 1.807) is 23.5 Å². The molecule has 7 heteroatoms. The van der Waals surface area contributed by atoms with E-state index in [1.165, 1.54) is 21.3 Å². The van der Waals surface area contributed by atoms with Crippen LogP contribution in [0.4, 0.5) is 0 Å². The van der Waals surface area contributed by atoms with Crippen LogP contribution in [0.5, 0.6) is 17.2 Å². The molecule has 146 valence electrons. The van der Waals surface area contributed by atoms with Crippen LogP contribution in [0, 0.1) is 6.92 Å². The molecular formula is C21H22N2O4S. The molecule has 1 heterocycles. The number of thiazole rings is 1. The number of aryl methyl sites for hydroxylation is 1. The van der Waals surface area contributed by atoms with Gasteiger partial charge in [-0.2, -0.15) is 0 Å². The molecule has 0 saturated carbocycles. The van der Waals surface area contributed by atoms with Gasteiger partial charge in [-0.3, -0.25) is 4.79 Å². The molecule has 0 aliphatic rings. The van der Waals surface area contributed by atoms with Gasteiger partial charge >= 0.3 is 0 Å². The Morgan fingerprint density at radius 3 is 2.29 bits per heavy atom. The molecule has 0 saturated heterocycles. The number of nitrogens with zero attached hydrogens (tertiary/aromatic N) is 1. The van der Waals surface area contributed by atoms with Crippen molar-refractivity contribution >= 4 is 17.2 Å². The van der Waals surface area contributed by atoms with Crippen molar-refractivity contribution in [3.05, 3.63) is 57.9 Å². The van der Waals surface area contributed by atoms with E-state index in [1.807, 2.05) is 36.6 Å². The first-order valence-electron chi connectivity index (χ1n) is 8.66. The number of nitrogens with one attached hydrogen (secondary N) is 1. The Morgan fingerprint density at radius 1 is 1.00 bits per heavy atom. The van der Waals surface area contributed by atoms with E-state index in [-0.39, 0.29) is 5.91 Å². The average Bonchev–Trinajstić information content (AvgIpc) is 3.17. The number of hydrogen-bond donors (Lipinski definition) is 1. The molecule has 0 radical (unpaired) electrons. The number of carbonyl (C=O) groups is 1. The maximum atomic E-state index is 12.7. The Hall–Kier alpha value is -3.06. The number of rotatable bonds is 7. The van der Waals surface area contributed by atoms with Gasteiger partial charge < -0.3 is 19.5 Å². The molecular weight excluding hydrogens is 376 g/mol. The molecule has 1 aromatic heterocycles. The minimum atomic E-state index is -0.253. The molecule has 3 aromatic rings. The second-order valence-corrected chi connectivity index (χ2v) is 7.08. The lowest BCUT2D eigenvalue weighted by Crippen LogP contribution is -2.23. The van der Waals surface area contributed by atoms with Crippen molar-refractivity contribution in [1.82, 2.24) is 10.3 Å². The number of carbonyl (C=O) groups excluding carboxylic acids is 1. The molecule has 28 heavy (non-hydrogen) atoms. The van der Waals surface area contributed by atoms with Gasteiger partial charge in [-0.1, -0.05) is 24.3 Å². The van der Waals surface area contributed by atoms with Crippen molar-refractivity contribution in [2.75, 3.05) is 21.3 Å². The molecule has 6 nitrogen and oxygen atoms in total. The van der Waals surface area contributed by atoms with Gasteiger partial charge in [0.1, 0.15) is 0 Å². The van der Waals surface area contributed by atoms with Crippen LogP contribution in [-0.2, 0) is 6.54 Å². The summed E-state index contributed by atoms with van der Waals surface area (Å²) in [6.07, 6.45) is 0. The molecule has 0 bridgehead atoms. The zero-order chi connectivity index (χ0) is 20.1. The largest absolute Gasteiger partial charge is 0.493 e. The lowest BCUT2D eigenvalue weighted by Gasteiger charge is -2.15. The fourth-order valence-electron chi connectivity index (χ4n) is 2.85. The van der Waals surface area contributed by atoms with Crippen molar-refractivity contribution < 1.29 is 19.0 Å². The highest BCUT2D eigenvalue weighted by Crippen LogP contribution is 2.39. The summed E-state index contributed by atoms with van der Waals surface area (Å²) in [4.78, 5) is 17.1. The van der Waals surface area contributed by atoms with Gasteiger partial charge in [0.25, 0.3) is 5.91 Å². The summed E-state index contributed by atoms with van der Waals surface area (Å²) in [7, 11) is 4.54. The third-order valence-electron chi connectivity index (χ3n) is 4.27. The van der Waals surface area contributed by atoms with Gasteiger partial charge in [0.2, 0.25) is 5.75 Å². The molecule has 3 rings (SSSR count). The zero-order valence-electron chi connectivity index (χ0n) is 16.2. The third-order valence-corrected chi connectivity index (χ3v) is 5.04. The van der Waals surface area contributed by atoms with E-state index in [0.717, 1.165) is 21.8 Å². The predicted octanol–water partition coefficient (Wildman–Crippen LogP) is 4.07. The highest BCUT2D eigenvalue weighted by atomic mass is 32.1. The van der Waals surface area contributed by atoms with Gasteiger partial charge in [-0.05, 0) is 24.6 Å². The zero-order valence-corrected chi connectivity index (χ0v) is 17.1. The highest BCUT2D eigenvalue weighted by Gasteiger charge is 2.20. The van der Waals surface area contributed by atoms with Crippen LogP contribution in [0.1, 0.15) is 20.9 Å². The Morgan fingerprint density at radius 2 is 1.71 bits per heavy atom. The van der Waals surface area contributed by atoms with Gasteiger partial charge in [0, 0.05) is 17.5 Å². The summed E-state index contributed by atoms with van der Waals surface area (Å²) in [6, 6.07) is 11.3. The number of amides is 1. The molecule has 0 spiro atoms. The fraction of sp³-hybridized carbons (Fsp3) is 0.238. The van der Waals surface area contributed by atoms with Crippen molar-refractivity contribution in [2.24, 2.45) is 0 Å². The van der Waals surface area contributed by atoms with Crippen LogP contribution in [0.3, 0.4) is 0 Å². The standard InChI is InChI=1S/C21H22N2O4S/c1-13-23-17(12-28-13)15-7-5-14(6-8-15)11-22-21(24)16-9-10-18(25-2)20(27-4)19(16)26-3/h5-10,12H,11H2,1-4H3,(H,22,24). The van der Waals surface area contributed by atoms with Crippen LogP contribution < -0.4 is 19.5 Å². The van der Waals surface area contributed by atoms with E-state index < -0.39 is 0 Å². The van der Waals surface area contributed by atoms with E-state index in [9.17, 15) is 4.79 Å². The first-order valence-corrected chi connectivity index (χ1v) is 9.54. The molecule has 0 fully saturated rings. The number of benzene rings is 2. The summed E-state index contributed by atoms with van der Waals surface area (Å²) in [5.74, 6) is 0.981. The van der Waals surface area contributed by atoms with E-state index in [2.05, 4.69) is 10.3 Å². The molecule has 1 N–H and O–H groups in total. The maximum Gasteiger partial charge on any atom is 0.255 e. The van der Waals surface area contributed by atoms with Crippen LogP contribution in [0.15, 0.2) is 41.8 Å². The van der Waals surface area contributed by atoms with Gasteiger partial charge in [0.15, 0.2) is 11.5 Å². The fourth-order valence-corrected chi connectivity index (χ4v) is 3.47. The quantitative estimate of drug-likeness (QED) is 0.650. The van der Waals surface area contributed by atoms with Crippen molar-refractivity contribution in [2.45, 2.75) is 13.5 Å². The van der Waals surface area contributed by atoms with E-state index >= 15 is 0 Å². The summed E-state index contributed by atoms with van der Waals surface area (Å²) < 4.78 is 16.0. The highest BCUT2D eigenvalue weighted by molar-refractivity contribution is 7.09. The molecule has 1 amide bonds. The van der Waals surface area contributed by atoms with Gasteiger partial charge in [-0.25, -0.2) is 4.98 Å². The summed E-state index contributed by atoms with van der Waals surface area (Å²) in [6.45, 7) is 2.38. The van der Waals surface area contributed by atoms with E-state index in [4.69, 9.17) is 14.2 Å². The van der Waals surface area contributed by atoms with Gasteiger partial charge in [0.05, 0.1) is 37.6 Å². The molecule has 0 aliphatic heterocycles. The Labute approximate surface area is 168 Å². The summed E-state index contributed by atoms with van der Waals surface area (Å²) in [5, 5.41) is 5.99. The molecule has 0 aliphatic carbocycles. The first-order chi connectivity index (χ1) is 13.6. The molecule has 0 atom stereocenters. The minimum Gasteiger partial charge on any atom is -0.493 e. The van der Waals surface area contributed by atoms with Crippen LogP contribution >= 0.6 is 11.3 Å². The first kappa shape index (κ1) is 19.7. The smallest absolute Gasteiger partial charge is 0.255 e. The van der Waals surface area contributed by atoms with E-state index in [0.29, 0.717) is 29.4 Å². The summed E-state index contributed by atoms with van der Waals surface area (Å²) in [5.41, 5.74) is 3.40. The maximum absolute atomic E-state index is 12.7. The minimum absolute atomic E-state index is 0.253. The van der Waals surface area contributed by atoms with Crippen LogP contribution in [0.25, 0.3) is 11.3 Å². The third kappa shape index (κ3) is 4.09. The Balaban J connectivity index is 1.72. The number of hydrogen-bond acceptors (Lipinski definition) is 6. The monoisotopic (exact) mass is 398 g/mol. The lowest BCUT2D eigenvalue weighted by molar-refractivity contribution is 0.0947. The van der Waals surface area contributed by atoms with Gasteiger partial charge in [-0.15, -0.1) is 11.3 Å². The van der Waals surface area contributed by atoms with Crippen molar-refractivity contribution in [3.8, 4) is 28.5 Å². The molecule has 2 aromatic carbocycles. The topological polar surface area (TPSA) is 69.7 Å². The lowest BCUT2D eigenvalue weighted by atomic mass is 10.1.